The minimum atomic E-state index is -0.314. The van der Waals surface area contributed by atoms with Crippen molar-refractivity contribution >= 4 is 17.7 Å². The van der Waals surface area contributed by atoms with Crippen LogP contribution in [0.2, 0.25) is 0 Å². The first-order valence-electron chi connectivity index (χ1n) is 9.38. The summed E-state index contributed by atoms with van der Waals surface area (Å²) in [4.78, 5) is 38.6. The molecule has 1 aliphatic carbocycles. The minimum Gasteiger partial charge on any atom is -0.349 e. The average Bonchev–Trinajstić information content (AvgIpc) is 2.90. The van der Waals surface area contributed by atoms with Crippen LogP contribution in [0.5, 0.6) is 0 Å². The lowest BCUT2D eigenvalue weighted by atomic mass is 9.87. The van der Waals surface area contributed by atoms with E-state index in [1.165, 1.54) is 16.0 Å². The highest BCUT2D eigenvalue weighted by Crippen LogP contribution is 2.29. The highest BCUT2D eigenvalue weighted by Gasteiger charge is 2.35. The number of carbonyl (C=O) groups is 3. The zero-order valence-corrected chi connectivity index (χ0v) is 15.3. The van der Waals surface area contributed by atoms with E-state index in [-0.39, 0.29) is 36.7 Å². The predicted octanol–water partition coefficient (Wildman–Crippen LogP) is 3.17. The largest absolute Gasteiger partial charge is 0.349 e. The van der Waals surface area contributed by atoms with Crippen LogP contribution >= 0.6 is 0 Å². The topological polar surface area (TPSA) is 66.5 Å². The van der Waals surface area contributed by atoms with Crippen molar-refractivity contribution in [3.63, 3.8) is 0 Å². The Labute approximate surface area is 158 Å². The molecule has 1 heterocycles. The van der Waals surface area contributed by atoms with Gasteiger partial charge in [-0.3, -0.25) is 19.3 Å². The number of nitrogens with zero attached hydrogens (tertiary/aromatic N) is 1. The zero-order valence-electron chi connectivity index (χ0n) is 15.3. The number of amides is 3. The predicted molar refractivity (Wildman–Crippen MR) is 101 cm³/mol. The van der Waals surface area contributed by atoms with Crippen LogP contribution in [0.3, 0.4) is 0 Å². The molecule has 3 amide bonds. The van der Waals surface area contributed by atoms with Gasteiger partial charge in [0, 0.05) is 13.0 Å². The van der Waals surface area contributed by atoms with Crippen LogP contribution in [-0.2, 0) is 11.2 Å². The van der Waals surface area contributed by atoms with Crippen LogP contribution in [0.15, 0.2) is 42.5 Å². The maximum atomic E-state index is 12.5. The van der Waals surface area contributed by atoms with E-state index in [2.05, 4.69) is 17.4 Å². The summed E-state index contributed by atoms with van der Waals surface area (Å²) >= 11 is 0. The fourth-order valence-electron chi connectivity index (χ4n) is 3.99. The van der Waals surface area contributed by atoms with Crippen molar-refractivity contribution < 1.29 is 14.4 Å². The van der Waals surface area contributed by atoms with Crippen molar-refractivity contribution in [1.29, 1.82) is 0 Å². The molecule has 0 bridgehead atoms. The van der Waals surface area contributed by atoms with E-state index in [0.29, 0.717) is 11.1 Å². The van der Waals surface area contributed by atoms with E-state index in [4.69, 9.17) is 0 Å². The van der Waals surface area contributed by atoms with Crippen molar-refractivity contribution in [3.8, 4) is 0 Å². The Morgan fingerprint density at radius 2 is 1.89 bits per heavy atom. The van der Waals surface area contributed by atoms with E-state index < -0.39 is 0 Å². The molecule has 2 aliphatic rings. The molecule has 1 N–H and O–H groups in total. The summed E-state index contributed by atoms with van der Waals surface area (Å²) < 4.78 is 0. The van der Waals surface area contributed by atoms with Gasteiger partial charge in [-0.25, -0.2) is 0 Å². The first-order valence-corrected chi connectivity index (χ1v) is 9.38. The van der Waals surface area contributed by atoms with Gasteiger partial charge in [0.15, 0.2) is 0 Å². The second-order valence-corrected chi connectivity index (χ2v) is 7.27. The molecule has 0 fully saturated rings. The van der Waals surface area contributed by atoms with Crippen LogP contribution in [0.4, 0.5) is 0 Å². The third kappa shape index (κ3) is 3.25. The van der Waals surface area contributed by atoms with Crippen molar-refractivity contribution in [2.24, 2.45) is 0 Å². The molecule has 0 saturated carbocycles. The number of imide groups is 1. The fraction of sp³-hybridized carbons (Fsp3) is 0.318. The van der Waals surface area contributed by atoms with Gasteiger partial charge in [-0.2, -0.15) is 0 Å². The Morgan fingerprint density at radius 3 is 2.74 bits per heavy atom. The molecule has 4 rings (SSSR count). The molecule has 2 aromatic rings. The molecule has 0 saturated heterocycles. The van der Waals surface area contributed by atoms with Gasteiger partial charge in [-0.1, -0.05) is 35.9 Å². The van der Waals surface area contributed by atoms with Gasteiger partial charge in [0.05, 0.1) is 17.2 Å². The highest BCUT2D eigenvalue weighted by atomic mass is 16.2. The first kappa shape index (κ1) is 17.5. The summed E-state index contributed by atoms with van der Waals surface area (Å²) in [5, 5.41) is 3.07. The molecule has 1 unspecified atom stereocenters. The van der Waals surface area contributed by atoms with Crippen molar-refractivity contribution in [1.82, 2.24) is 10.2 Å². The van der Waals surface area contributed by atoms with E-state index in [0.717, 1.165) is 24.8 Å². The summed E-state index contributed by atoms with van der Waals surface area (Å²) in [7, 11) is 0. The summed E-state index contributed by atoms with van der Waals surface area (Å²) in [6, 6.07) is 13.4. The summed E-state index contributed by atoms with van der Waals surface area (Å²) in [5.74, 6) is -0.759. The SMILES string of the molecule is Cc1ccc2c(c1)C(=O)N(CCC(=O)NC1CCCc3ccccc31)C2=O. The molecule has 138 valence electrons. The summed E-state index contributed by atoms with van der Waals surface area (Å²) in [5.41, 5.74) is 4.25. The molecule has 1 atom stereocenters. The molecule has 0 radical (unpaired) electrons. The molecule has 1 aliphatic heterocycles. The molecular formula is C22H22N2O3. The van der Waals surface area contributed by atoms with Crippen LogP contribution < -0.4 is 5.32 Å². The van der Waals surface area contributed by atoms with E-state index in [1.54, 1.807) is 12.1 Å². The molecule has 0 spiro atoms. The van der Waals surface area contributed by atoms with Gasteiger partial charge < -0.3 is 5.32 Å². The molecule has 5 heteroatoms. The molecule has 27 heavy (non-hydrogen) atoms. The number of hydrogen-bond donors (Lipinski definition) is 1. The lowest BCUT2D eigenvalue weighted by Gasteiger charge is -2.26. The Kier molecular flexibility index (Phi) is 4.52. The average molecular weight is 362 g/mol. The number of carbonyl (C=O) groups excluding carboxylic acids is 3. The lowest BCUT2D eigenvalue weighted by molar-refractivity contribution is -0.122. The normalized spacial score (nSPS) is 18.3. The summed E-state index contributed by atoms with van der Waals surface area (Å²) in [6.07, 6.45) is 3.11. The molecule has 2 aromatic carbocycles. The number of fused-ring (bicyclic) bond motifs is 2. The maximum Gasteiger partial charge on any atom is 0.261 e. The Balaban J connectivity index is 1.40. The van der Waals surface area contributed by atoms with Gasteiger partial charge in [0.1, 0.15) is 0 Å². The van der Waals surface area contributed by atoms with Gasteiger partial charge in [0.25, 0.3) is 11.8 Å². The molecule has 0 aromatic heterocycles. The van der Waals surface area contributed by atoms with Gasteiger partial charge in [-0.15, -0.1) is 0 Å². The number of hydrogen-bond acceptors (Lipinski definition) is 3. The Hall–Kier alpha value is -2.95. The molecular weight excluding hydrogens is 340 g/mol. The number of benzene rings is 2. The Morgan fingerprint density at radius 1 is 1.11 bits per heavy atom. The van der Waals surface area contributed by atoms with Crippen LogP contribution in [0.1, 0.15) is 62.7 Å². The monoisotopic (exact) mass is 362 g/mol. The second-order valence-electron chi connectivity index (χ2n) is 7.27. The second kappa shape index (κ2) is 6.99. The quantitative estimate of drug-likeness (QED) is 0.850. The van der Waals surface area contributed by atoms with Gasteiger partial charge in [0.2, 0.25) is 5.91 Å². The smallest absolute Gasteiger partial charge is 0.261 e. The van der Waals surface area contributed by atoms with Crippen molar-refractivity contribution in [2.75, 3.05) is 6.54 Å². The van der Waals surface area contributed by atoms with Crippen LogP contribution in [0.25, 0.3) is 0 Å². The third-order valence-electron chi connectivity index (χ3n) is 5.39. The van der Waals surface area contributed by atoms with Gasteiger partial charge in [-0.05, 0) is 49.4 Å². The van der Waals surface area contributed by atoms with Gasteiger partial charge >= 0.3 is 0 Å². The minimum absolute atomic E-state index is 0.00674. The molecule has 5 nitrogen and oxygen atoms in total. The van der Waals surface area contributed by atoms with E-state index in [9.17, 15) is 14.4 Å². The highest BCUT2D eigenvalue weighted by molar-refractivity contribution is 6.21. The maximum absolute atomic E-state index is 12.5. The number of aryl methyl sites for hydroxylation is 2. The number of rotatable bonds is 4. The lowest BCUT2D eigenvalue weighted by Crippen LogP contribution is -2.36. The van der Waals surface area contributed by atoms with Crippen molar-refractivity contribution in [3.05, 3.63) is 70.3 Å². The van der Waals surface area contributed by atoms with Crippen LogP contribution in [-0.4, -0.2) is 29.2 Å². The van der Waals surface area contributed by atoms with E-state index in [1.807, 2.05) is 25.1 Å². The number of nitrogens with one attached hydrogen (secondary N) is 1. The third-order valence-corrected chi connectivity index (χ3v) is 5.39. The standard InChI is InChI=1S/C22H22N2O3/c1-14-9-10-17-18(13-14)22(27)24(21(17)26)12-11-20(25)23-19-8-4-6-15-5-2-3-7-16(15)19/h2-3,5,7,9-10,13,19H,4,6,8,11-12H2,1H3,(H,23,25). The van der Waals surface area contributed by atoms with Crippen molar-refractivity contribution in [2.45, 2.75) is 38.6 Å². The summed E-state index contributed by atoms with van der Waals surface area (Å²) in [6.45, 7) is 1.99. The zero-order chi connectivity index (χ0) is 19.0. The first-order chi connectivity index (χ1) is 13.0. The van der Waals surface area contributed by atoms with Crippen LogP contribution in [0, 0.1) is 6.92 Å². The van der Waals surface area contributed by atoms with E-state index >= 15 is 0 Å². The Bertz CT molecular complexity index is 935. The fourth-order valence-corrected chi connectivity index (χ4v) is 3.99.